The van der Waals surface area contributed by atoms with Crippen LogP contribution in [0.3, 0.4) is 0 Å². The molecule has 0 radical (unpaired) electrons. The number of hydrogen-bond acceptors (Lipinski definition) is 5. The Hall–Kier alpha value is -1.04. The zero-order valence-electron chi connectivity index (χ0n) is 12.0. The Kier molecular flexibility index (Phi) is 7.05. The Labute approximate surface area is 124 Å². The normalized spacial score (nSPS) is 15.4. The van der Waals surface area contributed by atoms with Crippen molar-refractivity contribution in [2.24, 2.45) is 11.7 Å². The van der Waals surface area contributed by atoms with Gasteiger partial charge in [-0.1, -0.05) is 37.3 Å². The van der Waals surface area contributed by atoms with Gasteiger partial charge in [0.25, 0.3) is 0 Å². The molecule has 0 fully saturated rings. The Morgan fingerprint density at radius 3 is 2.65 bits per heavy atom. The first-order valence-corrected chi connectivity index (χ1v) is 7.81. The Balaban J connectivity index is 2.68. The van der Waals surface area contributed by atoms with Crippen molar-refractivity contribution in [2.75, 3.05) is 25.2 Å². The maximum atomic E-state index is 12.0. The Morgan fingerprint density at radius 1 is 1.45 bits per heavy atom. The summed E-state index contributed by atoms with van der Waals surface area (Å²) in [7, 11) is 1.36. The molecule has 5 heteroatoms. The Morgan fingerprint density at radius 2 is 2.10 bits per heavy atom. The fourth-order valence-electron chi connectivity index (χ4n) is 1.85. The topological polar surface area (TPSA) is 72.5 Å². The van der Waals surface area contributed by atoms with Gasteiger partial charge in [-0.3, -0.25) is 0 Å². The SMILES string of the molecule is COC(=O)C(N)(CCSCC(C)CO)c1ccccc1. The summed E-state index contributed by atoms with van der Waals surface area (Å²) in [5.74, 6) is 1.43. The highest BCUT2D eigenvalue weighted by Crippen LogP contribution is 2.26. The first kappa shape index (κ1) is 17.0. The average Bonchev–Trinajstić information content (AvgIpc) is 2.50. The lowest BCUT2D eigenvalue weighted by Crippen LogP contribution is -2.46. The quantitative estimate of drug-likeness (QED) is 0.565. The lowest BCUT2D eigenvalue weighted by Gasteiger charge is -2.27. The maximum Gasteiger partial charge on any atom is 0.330 e. The van der Waals surface area contributed by atoms with E-state index in [4.69, 9.17) is 15.6 Å². The molecule has 0 aromatic heterocycles. The number of carbonyl (C=O) groups excluding carboxylic acids is 1. The molecule has 0 aliphatic rings. The van der Waals surface area contributed by atoms with Crippen molar-refractivity contribution < 1.29 is 14.6 Å². The second-order valence-corrected chi connectivity index (χ2v) is 6.09. The van der Waals surface area contributed by atoms with Crippen LogP contribution in [0.25, 0.3) is 0 Å². The van der Waals surface area contributed by atoms with Gasteiger partial charge in [0.15, 0.2) is 0 Å². The predicted molar refractivity (Wildman–Crippen MR) is 82.5 cm³/mol. The minimum absolute atomic E-state index is 0.177. The molecule has 1 aromatic rings. The van der Waals surface area contributed by atoms with Crippen molar-refractivity contribution in [2.45, 2.75) is 18.9 Å². The highest BCUT2D eigenvalue weighted by Gasteiger charge is 2.36. The summed E-state index contributed by atoms with van der Waals surface area (Å²) < 4.78 is 4.86. The fraction of sp³-hybridized carbons (Fsp3) is 0.533. The van der Waals surface area contributed by atoms with E-state index in [1.54, 1.807) is 11.8 Å². The molecule has 2 atom stereocenters. The summed E-state index contributed by atoms with van der Waals surface area (Å²) in [6, 6.07) is 9.30. The zero-order valence-corrected chi connectivity index (χ0v) is 12.9. The van der Waals surface area contributed by atoms with Crippen LogP contribution >= 0.6 is 11.8 Å². The van der Waals surface area contributed by atoms with Crippen LogP contribution in [-0.4, -0.2) is 36.3 Å². The van der Waals surface area contributed by atoms with Gasteiger partial charge >= 0.3 is 5.97 Å². The van der Waals surface area contributed by atoms with Crippen molar-refractivity contribution in [1.82, 2.24) is 0 Å². The van der Waals surface area contributed by atoms with Gasteiger partial charge < -0.3 is 15.6 Å². The van der Waals surface area contributed by atoms with E-state index in [-0.39, 0.29) is 12.5 Å². The van der Waals surface area contributed by atoms with Gasteiger partial charge in [-0.15, -0.1) is 0 Å². The van der Waals surface area contributed by atoms with E-state index in [9.17, 15) is 4.79 Å². The molecule has 0 heterocycles. The molecule has 0 saturated heterocycles. The smallest absolute Gasteiger partial charge is 0.330 e. The summed E-state index contributed by atoms with van der Waals surface area (Å²) in [4.78, 5) is 12.0. The molecule has 112 valence electrons. The highest BCUT2D eigenvalue weighted by molar-refractivity contribution is 7.99. The number of hydrogen-bond donors (Lipinski definition) is 2. The zero-order chi connectivity index (χ0) is 15.0. The number of rotatable bonds is 8. The summed E-state index contributed by atoms with van der Waals surface area (Å²) in [5, 5.41) is 8.99. The maximum absolute atomic E-state index is 12.0. The number of methoxy groups -OCH3 is 1. The second-order valence-electron chi connectivity index (χ2n) is 4.94. The van der Waals surface area contributed by atoms with Gasteiger partial charge in [0, 0.05) is 6.61 Å². The molecular weight excluding hydrogens is 274 g/mol. The number of ether oxygens (including phenoxy) is 1. The third kappa shape index (κ3) is 4.51. The molecule has 1 rings (SSSR count). The van der Waals surface area contributed by atoms with Crippen molar-refractivity contribution in [1.29, 1.82) is 0 Å². The van der Waals surface area contributed by atoms with Crippen LogP contribution in [0, 0.1) is 5.92 Å². The number of carbonyl (C=O) groups is 1. The van der Waals surface area contributed by atoms with Crippen molar-refractivity contribution in [3.05, 3.63) is 35.9 Å². The van der Waals surface area contributed by atoms with Gasteiger partial charge in [0.05, 0.1) is 7.11 Å². The molecule has 0 amide bonds. The second kappa shape index (κ2) is 8.29. The number of aliphatic hydroxyl groups excluding tert-OH is 1. The molecule has 4 nitrogen and oxygen atoms in total. The van der Waals surface area contributed by atoms with Crippen LogP contribution in [0.15, 0.2) is 30.3 Å². The minimum atomic E-state index is -1.11. The first-order chi connectivity index (χ1) is 9.54. The van der Waals surface area contributed by atoms with Crippen LogP contribution in [-0.2, 0) is 15.1 Å². The number of nitrogens with two attached hydrogens (primary N) is 1. The van der Waals surface area contributed by atoms with Crippen LogP contribution < -0.4 is 5.73 Å². The summed E-state index contributed by atoms with van der Waals surface area (Å²) in [6.07, 6.45) is 0.506. The van der Waals surface area contributed by atoms with E-state index in [0.717, 1.165) is 17.1 Å². The number of benzene rings is 1. The highest BCUT2D eigenvalue weighted by atomic mass is 32.2. The van der Waals surface area contributed by atoms with E-state index in [1.807, 2.05) is 37.3 Å². The molecular formula is C15H23NO3S. The summed E-state index contributed by atoms with van der Waals surface area (Å²) in [6.45, 7) is 2.16. The lowest BCUT2D eigenvalue weighted by molar-refractivity contribution is -0.147. The minimum Gasteiger partial charge on any atom is -0.467 e. The van der Waals surface area contributed by atoms with Gasteiger partial charge in [-0.2, -0.15) is 11.8 Å². The van der Waals surface area contributed by atoms with Crippen LogP contribution in [0.2, 0.25) is 0 Å². The van der Waals surface area contributed by atoms with E-state index < -0.39 is 11.5 Å². The molecule has 0 aliphatic carbocycles. The third-order valence-electron chi connectivity index (χ3n) is 3.19. The third-order valence-corrected chi connectivity index (χ3v) is 4.49. The molecule has 0 bridgehead atoms. The van der Waals surface area contributed by atoms with Gasteiger partial charge in [-0.05, 0) is 29.4 Å². The largest absolute Gasteiger partial charge is 0.467 e. The fourth-order valence-corrected chi connectivity index (χ4v) is 2.99. The standard InChI is InChI=1S/C15H23NO3S/c1-12(10-17)11-20-9-8-15(16,14(18)19-2)13-6-4-3-5-7-13/h3-7,12,17H,8-11,16H2,1-2H3. The van der Waals surface area contributed by atoms with E-state index in [2.05, 4.69) is 0 Å². The van der Waals surface area contributed by atoms with Crippen LogP contribution in [0.4, 0.5) is 0 Å². The number of aliphatic hydroxyl groups is 1. The predicted octanol–water partition coefficient (Wildman–Crippen LogP) is 1.77. The van der Waals surface area contributed by atoms with E-state index in [0.29, 0.717) is 6.42 Å². The molecule has 0 spiro atoms. The average molecular weight is 297 g/mol. The lowest BCUT2D eigenvalue weighted by atomic mass is 9.88. The number of thioether (sulfide) groups is 1. The van der Waals surface area contributed by atoms with Crippen molar-refractivity contribution in [3.8, 4) is 0 Å². The molecule has 1 aromatic carbocycles. The molecule has 3 N–H and O–H groups in total. The van der Waals surface area contributed by atoms with E-state index >= 15 is 0 Å². The summed E-state index contributed by atoms with van der Waals surface area (Å²) >= 11 is 1.69. The van der Waals surface area contributed by atoms with Gasteiger partial charge in [-0.25, -0.2) is 4.79 Å². The van der Waals surface area contributed by atoms with Gasteiger partial charge in [0.2, 0.25) is 0 Å². The van der Waals surface area contributed by atoms with Crippen molar-refractivity contribution >= 4 is 17.7 Å². The Bertz CT molecular complexity index is 413. The molecule has 0 saturated carbocycles. The molecule has 2 unspecified atom stereocenters. The molecule has 0 aliphatic heterocycles. The van der Waals surface area contributed by atoms with Crippen LogP contribution in [0.5, 0.6) is 0 Å². The van der Waals surface area contributed by atoms with E-state index in [1.165, 1.54) is 7.11 Å². The molecule has 20 heavy (non-hydrogen) atoms. The van der Waals surface area contributed by atoms with Crippen molar-refractivity contribution in [3.63, 3.8) is 0 Å². The number of esters is 1. The van der Waals surface area contributed by atoms with Crippen LogP contribution in [0.1, 0.15) is 18.9 Å². The summed E-state index contributed by atoms with van der Waals surface area (Å²) in [5.41, 5.74) is 5.95. The van der Waals surface area contributed by atoms with Gasteiger partial charge in [0.1, 0.15) is 5.54 Å². The monoisotopic (exact) mass is 297 g/mol. The first-order valence-electron chi connectivity index (χ1n) is 6.66.